The number of amides is 1. The van der Waals surface area contributed by atoms with E-state index in [-0.39, 0.29) is 22.8 Å². The topological polar surface area (TPSA) is 80.6 Å². The molecule has 1 aliphatic carbocycles. The van der Waals surface area contributed by atoms with Crippen LogP contribution in [0.4, 0.5) is 4.39 Å². The highest BCUT2D eigenvalue weighted by molar-refractivity contribution is 6.04. The number of nitrogens with one attached hydrogen (secondary N) is 1. The summed E-state index contributed by atoms with van der Waals surface area (Å²) in [6.07, 6.45) is 2.99. The maximum absolute atomic E-state index is 13.6. The van der Waals surface area contributed by atoms with Crippen molar-refractivity contribution in [1.29, 1.82) is 0 Å². The second-order valence-corrected chi connectivity index (χ2v) is 9.98. The Balaban J connectivity index is 1.74. The van der Waals surface area contributed by atoms with Gasteiger partial charge in [-0.05, 0) is 48.1 Å². The van der Waals surface area contributed by atoms with Crippen molar-refractivity contribution >= 4 is 11.7 Å². The summed E-state index contributed by atoms with van der Waals surface area (Å²) in [6, 6.07) is 5.29. The number of carbonyl (C=O) groups excluding carboxylic acids is 2. The smallest absolute Gasteiger partial charge is 0.268 e. The molecule has 8 heteroatoms. The number of hydrogen-bond donors (Lipinski definition) is 1. The lowest BCUT2D eigenvalue weighted by Gasteiger charge is -2.32. The number of nitrogens with zero attached hydrogens (tertiary/aromatic N) is 2. The Kier molecular flexibility index (Phi) is 7.00. The molecule has 0 radical (unpaired) electrons. The Labute approximate surface area is 198 Å². The summed E-state index contributed by atoms with van der Waals surface area (Å²) in [5.41, 5.74) is 0.433. The Bertz CT molecular complexity index is 1130. The standard InChI is InChI=1S/C26H32FN3O4/c1-4-18(15-29-9-11-34-12-10-29)28-24(32)23-20-13-26(2,3)14-22(31)21(20)16-30(25(23)33)19-7-5-17(27)6-8-19/h5-8,16,18H,4,9-15H2,1-3H3,(H,28,32)/t18-/m1/s1. The van der Waals surface area contributed by atoms with E-state index in [9.17, 15) is 18.8 Å². The first kappa shape index (κ1) is 24.3. The normalized spacial score (nSPS) is 18.9. The predicted octanol–water partition coefficient (Wildman–Crippen LogP) is 2.97. The zero-order valence-electron chi connectivity index (χ0n) is 20.0. The molecule has 1 fully saturated rings. The van der Waals surface area contributed by atoms with Crippen molar-refractivity contribution in [3.05, 3.63) is 63.3 Å². The SMILES string of the molecule is CC[C@H](CN1CCOCC1)NC(=O)c1c2c(cn(-c3ccc(F)cc3)c1=O)C(=O)CC(C)(C)C2. The molecule has 1 aromatic carbocycles. The first-order valence-corrected chi connectivity index (χ1v) is 11.9. The van der Waals surface area contributed by atoms with Crippen molar-refractivity contribution in [2.75, 3.05) is 32.8 Å². The molecule has 1 amide bonds. The van der Waals surface area contributed by atoms with Gasteiger partial charge in [0.2, 0.25) is 0 Å². The highest BCUT2D eigenvalue weighted by Gasteiger charge is 2.36. The van der Waals surface area contributed by atoms with E-state index in [0.29, 0.717) is 55.8 Å². The fourth-order valence-electron chi connectivity index (χ4n) is 4.80. The van der Waals surface area contributed by atoms with Crippen LogP contribution < -0.4 is 10.9 Å². The van der Waals surface area contributed by atoms with Crippen molar-refractivity contribution in [3.8, 4) is 5.69 Å². The molecule has 2 aliphatic rings. The summed E-state index contributed by atoms with van der Waals surface area (Å²) in [6.45, 7) is 9.52. The Morgan fingerprint density at radius 1 is 1.15 bits per heavy atom. The number of rotatable bonds is 6. The third kappa shape index (κ3) is 5.13. The summed E-state index contributed by atoms with van der Waals surface area (Å²) in [5.74, 6) is -1.00. The molecule has 7 nitrogen and oxygen atoms in total. The first-order valence-electron chi connectivity index (χ1n) is 11.9. The van der Waals surface area contributed by atoms with Gasteiger partial charge in [0.05, 0.1) is 13.2 Å². The van der Waals surface area contributed by atoms with Crippen LogP contribution in [-0.4, -0.2) is 60.0 Å². The Morgan fingerprint density at radius 3 is 2.47 bits per heavy atom. The van der Waals surface area contributed by atoms with E-state index < -0.39 is 17.3 Å². The van der Waals surface area contributed by atoms with Crippen LogP contribution in [0.3, 0.4) is 0 Å². The van der Waals surface area contributed by atoms with Gasteiger partial charge in [-0.1, -0.05) is 20.8 Å². The molecular formula is C26H32FN3O4. The predicted molar refractivity (Wildman–Crippen MR) is 127 cm³/mol. The van der Waals surface area contributed by atoms with Gasteiger partial charge in [-0.2, -0.15) is 0 Å². The minimum atomic E-state index is -0.505. The molecule has 2 heterocycles. The number of halogens is 1. The third-order valence-corrected chi connectivity index (χ3v) is 6.65. The summed E-state index contributed by atoms with van der Waals surface area (Å²) in [7, 11) is 0. The molecule has 2 aromatic rings. The van der Waals surface area contributed by atoms with Crippen molar-refractivity contribution in [1.82, 2.24) is 14.8 Å². The van der Waals surface area contributed by atoms with Gasteiger partial charge >= 0.3 is 0 Å². The van der Waals surface area contributed by atoms with Crippen LogP contribution in [0.5, 0.6) is 0 Å². The zero-order chi connectivity index (χ0) is 24.5. The quantitative estimate of drug-likeness (QED) is 0.704. The highest BCUT2D eigenvalue weighted by Crippen LogP contribution is 2.35. The molecule has 0 unspecified atom stereocenters. The summed E-state index contributed by atoms with van der Waals surface area (Å²) >= 11 is 0. The van der Waals surface area contributed by atoms with Crippen molar-refractivity contribution in [3.63, 3.8) is 0 Å². The van der Waals surface area contributed by atoms with E-state index in [1.54, 1.807) is 0 Å². The van der Waals surface area contributed by atoms with Crippen LogP contribution in [-0.2, 0) is 11.2 Å². The highest BCUT2D eigenvalue weighted by atomic mass is 19.1. The second-order valence-electron chi connectivity index (χ2n) is 9.98. The fourth-order valence-corrected chi connectivity index (χ4v) is 4.80. The van der Waals surface area contributed by atoms with E-state index in [4.69, 9.17) is 4.74 Å². The molecule has 34 heavy (non-hydrogen) atoms. The Hall–Kier alpha value is -2.84. The van der Waals surface area contributed by atoms with Gasteiger partial charge in [0.1, 0.15) is 11.4 Å². The largest absolute Gasteiger partial charge is 0.379 e. The lowest BCUT2D eigenvalue weighted by Crippen LogP contribution is -2.48. The van der Waals surface area contributed by atoms with Gasteiger partial charge in [0, 0.05) is 49.5 Å². The van der Waals surface area contributed by atoms with Crippen LogP contribution in [0.1, 0.15) is 59.9 Å². The zero-order valence-corrected chi connectivity index (χ0v) is 20.0. The van der Waals surface area contributed by atoms with Crippen LogP contribution in [0.2, 0.25) is 0 Å². The maximum atomic E-state index is 13.6. The van der Waals surface area contributed by atoms with E-state index in [2.05, 4.69) is 10.2 Å². The van der Waals surface area contributed by atoms with Crippen LogP contribution in [0.15, 0.2) is 35.3 Å². The first-order chi connectivity index (χ1) is 16.2. The van der Waals surface area contributed by atoms with Crippen LogP contribution in [0.25, 0.3) is 5.69 Å². The monoisotopic (exact) mass is 469 g/mol. The lowest BCUT2D eigenvalue weighted by molar-refractivity contribution is 0.0331. The van der Waals surface area contributed by atoms with Crippen LogP contribution >= 0.6 is 0 Å². The van der Waals surface area contributed by atoms with Gasteiger partial charge in [-0.25, -0.2) is 4.39 Å². The van der Waals surface area contributed by atoms with Gasteiger partial charge in [0.15, 0.2) is 5.78 Å². The average molecular weight is 470 g/mol. The van der Waals surface area contributed by atoms with Gasteiger partial charge in [-0.3, -0.25) is 23.9 Å². The fraction of sp³-hybridized carbons (Fsp3) is 0.500. The van der Waals surface area contributed by atoms with Crippen molar-refractivity contribution in [2.45, 2.75) is 46.1 Å². The van der Waals surface area contributed by atoms with E-state index in [0.717, 1.165) is 13.1 Å². The minimum Gasteiger partial charge on any atom is -0.379 e. The van der Waals surface area contributed by atoms with E-state index >= 15 is 0 Å². The molecule has 1 aromatic heterocycles. The number of carbonyl (C=O) groups is 2. The molecule has 4 rings (SSSR count). The lowest BCUT2D eigenvalue weighted by atomic mass is 9.73. The summed E-state index contributed by atoms with van der Waals surface area (Å²) in [5, 5.41) is 3.05. The molecule has 1 N–H and O–H groups in total. The average Bonchev–Trinajstić information content (AvgIpc) is 2.79. The number of ether oxygens (including phenoxy) is 1. The summed E-state index contributed by atoms with van der Waals surface area (Å²) < 4.78 is 20.2. The minimum absolute atomic E-state index is 0.00313. The Morgan fingerprint density at radius 2 is 1.82 bits per heavy atom. The molecule has 1 saturated heterocycles. The number of pyridine rings is 1. The van der Waals surface area contributed by atoms with Crippen LogP contribution in [0, 0.1) is 11.2 Å². The number of hydrogen-bond acceptors (Lipinski definition) is 5. The maximum Gasteiger partial charge on any atom is 0.268 e. The van der Waals surface area contributed by atoms with Gasteiger partial charge < -0.3 is 10.1 Å². The van der Waals surface area contributed by atoms with E-state index in [1.807, 2.05) is 20.8 Å². The van der Waals surface area contributed by atoms with Crippen molar-refractivity contribution in [2.24, 2.45) is 5.41 Å². The molecule has 0 bridgehead atoms. The number of Topliss-reactive ketones (excluding diaryl/α,β-unsaturated/α-hetero) is 1. The molecule has 0 spiro atoms. The molecular weight excluding hydrogens is 437 g/mol. The molecule has 1 atom stereocenters. The molecule has 0 saturated carbocycles. The number of benzene rings is 1. The van der Waals surface area contributed by atoms with Gasteiger partial charge in [0.25, 0.3) is 11.5 Å². The summed E-state index contributed by atoms with van der Waals surface area (Å²) in [4.78, 5) is 42.5. The number of fused-ring (bicyclic) bond motifs is 1. The number of aromatic nitrogens is 1. The van der Waals surface area contributed by atoms with E-state index in [1.165, 1.54) is 35.0 Å². The molecule has 182 valence electrons. The number of ketones is 1. The second kappa shape index (κ2) is 9.80. The third-order valence-electron chi connectivity index (χ3n) is 6.65. The molecule has 1 aliphatic heterocycles. The van der Waals surface area contributed by atoms with Gasteiger partial charge in [-0.15, -0.1) is 0 Å². The van der Waals surface area contributed by atoms with Crippen molar-refractivity contribution < 1.29 is 18.7 Å². The number of morpholine rings is 1.